The first-order valence-electron chi connectivity index (χ1n) is 11.3. The van der Waals surface area contributed by atoms with E-state index in [1.54, 1.807) is 30.3 Å². The summed E-state index contributed by atoms with van der Waals surface area (Å²) in [4.78, 5) is 24.6. The first kappa shape index (κ1) is 22.3. The number of H-pyrrole nitrogens is 1. The van der Waals surface area contributed by atoms with E-state index in [4.69, 9.17) is 5.73 Å². The van der Waals surface area contributed by atoms with Crippen molar-refractivity contribution >= 4 is 33.5 Å². The molecular weight excluding hydrogens is 444 g/mol. The van der Waals surface area contributed by atoms with Gasteiger partial charge in [-0.2, -0.15) is 10.2 Å². The molecule has 0 atom stereocenters. The number of phenols is 1. The summed E-state index contributed by atoms with van der Waals surface area (Å²) in [5.41, 5.74) is 11.1. The van der Waals surface area contributed by atoms with Gasteiger partial charge in [-0.1, -0.05) is 0 Å². The minimum absolute atomic E-state index is 0.0369. The third kappa shape index (κ3) is 3.82. The van der Waals surface area contributed by atoms with Gasteiger partial charge in [-0.25, -0.2) is 9.97 Å². The average Bonchev–Trinajstić information content (AvgIpc) is 3.39. The fraction of sp³-hybridized carbons (Fsp3) is 0.240. The van der Waals surface area contributed by atoms with E-state index < -0.39 is 0 Å². The van der Waals surface area contributed by atoms with Gasteiger partial charge in [-0.3, -0.25) is 14.6 Å². The lowest BCUT2D eigenvalue weighted by Crippen LogP contribution is -2.27. The molecule has 0 unspecified atom stereocenters. The molecule has 5 aromatic rings. The number of hydrogen-bond acceptors (Lipinski definition) is 7. The second kappa shape index (κ2) is 8.39. The maximum absolute atomic E-state index is 13.6. The first-order valence-corrected chi connectivity index (χ1v) is 11.3. The van der Waals surface area contributed by atoms with E-state index in [1.165, 1.54) is 6.07 Å². The summed E-state index contributed by atoms with van der Waals surface area (Å²) in [6, 6.07) is 8.51. The fourth-order valence-corrected chi connectivity index (χ4v) is 4.39. The average molecular weight is 471 g/mol. The quantitative estimate of drug-likeness (QED) is 0.357. The van der Waals surface area contributed by atoms with Crippen LogP contribution in [0.25, 0.3) is 33.2 Å². The van der Waals surface area contributed by atoms with Gasteiger partial charge in [0.25, 0.3) is 5.91 Å². The predicted molar refractivity (Wildman–Crippen MR) is 134 cm³/mol. The molecule has 0 spiro atoms. The second-order valence-electron chi connectivity index (χ2n) is 8.65. The molecule has 0 saturated heterocycles. The zero-order valence-corrected chi connectivity index (χ0v) is 20.0. The molecule has 35 heavy (non-hydrogen) atoms. The smallest absolute Gasteiger partial charge is 0.273 e. The molecule has 0 aliphatic carbocycles. The van der Waals surface area contributed by atoms with Crippen LogP contribution >= 0.6 is 0 Å². The number of nitrogens with one attached hydrogen (secondary N) is 1. The molecule has 1 amide bonds. The van der Waals surface area contributed by atoms with Gasteiger partial charge in [0.1, 0.15) is 17.3 Å². The number of hydrogen-bond donors (Lipinski definition) is 3. The van der Waals surface area contributed by atoms with Crippen LogP contribution in [-0.4, -0.2) is 52.9 Å². The maximum Gasteiger partial charge on any atom is 0.273 e. The molecule has 4 N–H and O–H groups in total. The fourth-order valence-electron chi connectivity index (χ4n) is 4.39. The molecule has 0 radical (unpaired) electrons. The van der Waals surface area contributed by atoms with Gasteiger partial charge in [0, 0.05) is 47.7 Å². The maximum atomic E-state index is 13.6. The molecule has 5 rings (SSSR count). The van der Waals surface area contributed by atoms with Crippen LogP contribution in [-0.2, 0) is 13.1 Å². The Morgan fingerprint density at radius 2 is 1.97 bits per heavy atom. The van der Waals surface area contributed by atoms with Crippen LogP contribution in [0.4, 0.5) is 5.82 Å². The van der Waals surface area contributed by atoms with Crippen molar-refractivity contribution in [2.75, 3.05) is 12.8 Å². The Kier molecular flexibility index (Phi) is 5.35. The van der Waals surface area contributed by atoms with Crippen LogP contribution in [0.1, 0.15) is 34.2 Å². The van der Waals surface area contributed by atoms with E-state index in [0.29, 0.717) is 40.2 Å². The zero-order chi connectivity index (χ0) is 24.9. The number of nitrogens with two attached hydrogens (primary N) is 1. The van der Waals surface area contributed by atoms with E-state index in [2.05, 4.69) is 25.3 Å². The van der Waals surface area contributed by atoms with Gasteiger partial charge in [0.2, 0.25) is 0 Å². The highest BCUT2D eigenvalue weighted by atomic mass is 16.3. The highest BCUT2D eigenvalue weighted by Crippen LogP contribution is 2.30. The minimum atomic E-state index is -0.283. The standard InChI is InChI=1S/C25H26N8O2/c1-5-33-14(3)16(11-27-33)12-32(4)25(35)22-18-10-17(34)6-7-19(18)28-24(29-22)15-8-13(2)21-20(9-15)30-31-23(21)26/h6-11,34H,5,12H2,1-4H3,(H3,26,30,31). The number of aromatic hydroxyl groups is 1. The number of benzene rings is 2. The molecule has 10 heteroatoms. The van der Waals surface area contributed by atoms with Gasteiger partial charge in [0.15, 0.2) is 5.82 Å². The van der Waals surface area contributed by atoms with Crippen molar-refractivity contribution in [3.63, 3.8) is 0 Å². The topological polar surface area (TPSA) is 139 Å². The summed E-state index contributed by atoms with van der Waals surface area (Å²) < 4.78 is 1.89. The third-order valence-electron chi connectivity index (χ3n) is 6.28. The van der Waals surface area contributed by atoms with Gasteiger partial charge in [-0.15, -0.1) is 0 Å². The first-order chi connectivity index (χ1) is 16.8. The van der Waals surface area contributed by atoms with E-state index in [0.717, 1.165) is 28.8 Å². The molecule has 178 valence electrons. The molecule has 0 saturated carbocycles. The third-order valence-corrected chi connectivity index (χ3v) is 6.28. The number of nitrogen functional groups attached to an aromatic ring is 1. The van der Waals surface area contributed by atoms with E-state index >= 15 is 0 Å². The predicted octanol–water partition coefficient (Wildman–Crippen LogP) is 3.57. The van der Waals surface area contributed by atoms with Crippen LogP contribution < -0.4 is 5.73 Å². The van der Waals surface area contributed by atoms with Crippen molar-refractivity contribution < 1.29 is 9.90 Å². The molecule has 3 aromatic heterocycles. The van der Waals surface area contributed by atoms with Crippen molar-refractivity contribution in [1.82, 2.24) is 34.8 Å². The van der Waals surface area contributed by atoms with Gasteiger partial charge >= 0.3 is 0 Å². The normalized spacial score (nSPS) is 11.4. The highest BCUT2D eigenvalue weighted by molar-refractivity contribution is 6.05. The molecule has 0 fully saturated rings. The molecule has 2 aromatic carbocycles. The van der Waals surface area contributed by atoms with Crippen LogP contribution in [0.3, 0.4) is 0 Å². The number of aryl methyl sites for hydroxylation is 2. The van der Waals surface area contributed by atoms with E-state index in [9.17, 15) is 9.90 Å². The van der Waals surface area contributed by atoms with Gasteiger partial charge < -0.3 is 15.7 Å². The summed E-state index contributed by atoms with van der Waals surface area (Å²) in [7, 11) is 1.73. The van der Waals surface area contributed by atoms with E-state index in [1.807, 2.05) is 37.6 Å². The zero-order valence-electron chi connectivity index (χ0n) is 20.0. The number of aromatic amines is 1. The number of phenolic OH excluding ortho intramolecular Hbond substituents is 1. The van der Waals surface area contributed by atoms with Crippen molar-refractivity contribution in [3.05, 3.63) is 59.0 Å². The van der Waals surface area contributed by atoms with Gasteiger partial charge in [-0.05, 0) is 56.7 Å². The van der Waals surface area contributed by atoms with E-state index in [-0.39, 0.29) is 17.4 Å². The van der Waals surface area contributed by atoms with Crippen molar-refractivity contribution in [2.45, 2.75) is 33.9 Å². The molecule has 0 aliphatic rings. The summed E-state index contributed by atoms with van der Waals surface area (Å²) in [5.74, 6) is 0.643. The summed E-state index contributed by atoms with van der Waals surface area (Å²) in [6.07, 6.45) is 1.78. The Bertz CT molecular complexity index is 1600. The lowest BCUT2D eigenvalue weighted by atomic mass is 10.1. The minimum Gasteiger partial charge on any atom is -0.508 e. The molecule has 0 bridgehead atoms. The van der Waals surface area contributed by atoms with Crippen LogP contribution in [0.2, 0.25) is 0 Å². The number of carbonyl (C=O) groups excluding carboxylic acids is 1. The Labute approximate surface area is 201 Å². The molecule has 3 heterocycles. The number of anilines is 1. The highest BCUT2D eigenvalue weighted by Gasteiger charge is 2.22. The summed E-state index contributed by atoms with van der Waals surface area (Å²) in [6.45, 7) is 7.09. The number of fused-ring (bicyclic) bond motifs is 2. The molecular formula is C25H26N8O2. The van der Waals surface area contributed by atoms with Crippen molar-refractivity contribution in [2.24, 2.45) is 0 Å². The Morgan fingerprint density at radius 3 is 2.71 bits per heavy atom. The number of rotatable bonds is 5. The van der Waals surface area contributed by atoms with Crippen LogP contribution in [0.15, 0.2) is 36.5 Å². The lowest BCUT2D eigenvalue weighted by Gasteiger charge is -2.18. The Hall–Kier alpha value is -4.47. The van der Waals surface area contributed by atoms with Crippen molar-refractivity contribution in [3.8, 4) is 17.1 Å². The van der Waals surface area contributed by atoms with Gasteiger partial charge in [0.05, 0.1) is 17.2 Å². The van der Waals surface area contributed by atoms with Crippen LogP contribution in [0, 0.1) is 13.8 Å². The van der Waals surface area contributed by atoms with Crippen molar-refractivity contribution in [1.29, 1.82) is 0 Å². The summed E-state index contributed by atoms with van der Waals surface area (Å²) >= 11 is 0. The monoisotopic (exact) mass is 470 g/mol. The number of nitrogens with zero attached hydrogens (tertiary/aromatic N) is 6. The Morgan fingerprint density at radius 1 is 1.17 bits per heavy atom. The SMILES string of the molecule is CCn1ncc(CN(C)C(=O)c2nc(-c3cc(C)c4c(N)[nH]nc4c3)nc3ccc(O)cc23)c1C. The number of amides is 1. The van der Waals surface area contributed by atoms with Crippen LogP contribution in [0.5, 0.6) is 5.75 Å². The number of carbonyl (C=O) groups is 1. The lowest BCUT2D eigenvalue weighted by molar-refractivity contribution is 0.0781. The Balaban J connectivity index is 1.61. The second-order valence-corrected chi connectivity index (χ2v) is 8.65. The summed E-state index contributed by atoms with van der Waals surface area (Å²) in [5, 5.41) is 22.9. The molecule has 10 nitrogen and oxygen atoms in total. The molecule has 0 aliphatic heterocycles. The number of aromatic nitrogens is 6. The largest absolute Gasteiger partial charge is 0.508 e.